The summed E-state index contributed by atoms with van der Waals surface area (Å²) in [5.74, 6) is -0.588. The lowest BCUT2D eigenvalue weighted by Crippen LogP contribution is -2.24. The molecule has 2 N–H and O–H groups in total. The minimum absolute atomic E-state index is 0.309. The fourth-order valence-electron chi connectivity index (χ4n) is 0.397. The van der Waals surface area contributed by atoms with Gasteiger partial charge in [0.05, 0.1) is 6.10 Å². The van der Waals surface area contributed by atoms with Gasteiger partial charge < -0.3 is 14.8 Å². The molecule has 0 radical (unpaired) electrons. The Kier molecular flexibility index (Phi) is 6.14. The van der Waals surface area contributed by atoms with Crippen LogP contribution in [0.25, 0.3) is 0 Å². The minimum atomic E-state index is -3.13. The van der Waals surface area contributed by atoms with Crippen LogP contribution >= 0.6 is 8.25 Å². The van der Waals surface area contributed by atoms with Crippen LogP contribution < -0.4 is 0 Å². The van der Waals surface area contributed by atoms with Gasteiger partial charge in [-0.1, -0.05) is 6.92 Å². The van der Waals surface area contributed by atoms with Crippen LogP contribution in [-0.4, -0.2) is 29.0 Å². The molecule has 3 atom stereocenters. The third kappa shape index (κ3) is 5.40. The van der Waals surface area contributed by atoms with Crippen molar-refractivity contribution in [2.24, 2.45) is 5.92 Å². The van der Waals surface area contributed by atoms with Crippen LogP contribution in [0.5, 0.6) is 0 Å². The zero-order valence-electron chi connectivity index (χ0n) is 6.47. The molecule has 0 aromatic carbocycles. The molecule has 6 nitrogen and oxygen atoms in total. The van der Waals surface area contributed by atoms with Gasteiger partial charge in [0, 0.05) is 5.92 Å². The van der Waals surface area contributed by atoms with Crippen molar-refractivity contribution in [1.82, 2.24) is 0 Å². The highest BCUT2D eigenvalue weighted by molar-refractivity contribution is 7.31. The number of aldehydes is 1. The lowest BCUT2D eigenvalue weighted by molar-refractivity contribution is -0.227. The predicted molar refractivity (Wildman–Crippen MR) is 39.5 cm³/mol. The molecule has 0 aliphatic heterocycles. The molecule has 3 unspecified atom stereocenters. The molecule has 0 aromatic rings. The van der Waals surface area contributed by atoms with Crippen molar-refractivity contribution in [3.8, 4) is 0 Å². The Morgan fingerprint density at radius 3 is 2.67 bits per heavy atom. The van der Waals surface area contributed by atoms with Crippen molar-refractivity contribution in [1.29, 1.82) is 0 Å². The number of hydrogen-bond donors (Lipinski definition) is 2. The third-order valence-electron chi connectivity index (χ3n) is 1.19. The van der Waals surface area contributed by atoms with E-state index in [1.807, 2.05) is 0 Å². The highest BCUT2D eigenvalue weighted by Crippen LogP contribution is 2.15. The largest absolute Gasteiger partial charge is 0.390 e. The molecule has 0 amide bonds. The van der Waals surface area contributed by atoms with Gasteiger partial charge >= 0.3 is 8.25 Å². The van der Waals surface area contributed by atoms with Crippen molar-refractivity contribution < 1.29 is 28.9 Å². The Morgan fingerprint density at radius 1 is 1.67 bits per heavy atom. The molecule has 0 spiro atoms. The van der Waals surface area contributed by atoms with E-state index in [2.05, 4.69) is 9.56 Å². The van der Waals surface area contributed by atoms with Gasteiger partial charge in [-0.25, -0.2) is 4.89 Å². The number of hydrogen-bond acceptors (Lipinski definition) is 5. The van der Waals surface area contributed by atoms with Crippen molar-refractivity contribution in [2.75, 3.05) is 6.61 Å². The van der Waals surface area contributed by atoms with Crippen LogP contribution in [-0.2, 0) is 18.9 Å². The van der Waals surface area contributed by atoms with Gasteiger partial charge in [0.2, 0.25) is 0 Å². The fourth-order valence-corrected chi connectivity index (χ4v) is 0.565. The summed E-state index contributed by atoms with van der Waals surface area (Å²) in [7, 11) is -3.13. The zero-order chi connectivity index (χ0) is 9.56. The molecule has 0 rings (SSSR count). The monoisotopic (exact) mass is 198 g/mol. The van der Waals surface area contributed by atoms with Crippen molar-refractivity contribution >= 4 is 14.5 Å². The van der Waals surface area contributed by atoms with Crippen molar-refractivity contribution in [3.05, 3.63) is 0 Å². The van der Waals surface area contributed by atoms with Gasteiger partial charge in [0.1, 0.15) is 12.9 Å². The molecule has 0 saturated heterocycles. The third-order valence-corrected chi connectivity index (χ3v) is 1.45. The number of aliphatic hydroxyl groups is 1. The number of carbonyl (C=O) groups is 1. The summed E-state index contributed by atoms with van der Waals surface area (Å²) in [4.78, 5) is 22.3. The average Bonchev–Trinajstić information content (AvgIpc) is 2.02. The summed E-state index contributed by atoms with van der Waals surface area (Å²) in [6.45, 7) is 1.18. The molecule has 72 valence electrons. The second-order valence-electron chi connectivity index (χ2n) is 2.20. The second kappa shape index (κ2) is 6.28. The summed E-state index contributed by atoms with van der Waals surface area (Å²) >= 11 is 0. The SMILES string of the molecule is CC(C=O)C(O)COO[PH](=O)O. The quantitative estimate of drug-likeness (QED) is 0.259. The standard InChI is InChI=1S/C5H11O6P/c1-4(2-6)5(7)3-10-11-12(8)9/h2,4-5,7,12H,3H2,1H3,(H,8,9). The van der Waals surface area contributed by atoms with Gasteiger partial charge in [-0.3, -0.25) is 4.57 Å². The highest BCUT2D eigenvalue weighted by Gasteiger charge is 2.13. The molecule has 12 heavy (non-hydrogen) atoms. The van der Waals surface area contributed by atoms with E-state index in [4.69, 9.17) is 10.00 Å². The summed E-state index contributed by atoms with van der Waals surface area (Å²) in [5, 5.41) is 9.02. The maximum Gasteiger partial charge on any atom is 0.344 e. The van der Waals surface area contributed by atoms with Crippen LogP contribution in [0.2, 0.25) is 0 Å². The Hall–Kier alpha value is -0.260. The van der Waals surface area contributed by atoms with Gasteiger partial charge in [-0.2, -0.15) is 4.67 Å². The van der Waals surface area contributed by atoms with E-state index in [-0.39, 0.29) is 6.61 Å². The molecule has 0 saturated carbocycles. The fraction of sp³-hybridized carbons (Fsp3) is 0.800. The zero-order valence-corrected chi connectivity index (χ0v) is 7.47. The average molecular weight is 198 g/mol. The van der Waals surface area contributed by atoms with E-state index in [0.717, 1.165) is 0 Å². The van der Waals surface area contributed by atoms with Crippen LogP contribution in [0.3, 0.4) is 0 Å². The van der Waals surface area contributed by atoms with Gasteiger partial charge in [-0.05, 0) is 0 Å². The van der Waals surface area contributed by atoms with E-state index >= 15 is 0 Å². The Balaban J connectivity index is 3.49. The summed E-state index contributed by atoms with van der Waals surface area (Å²) in [6, 6.07) is 0. The molecule has 0 aliphatic carbocycles. The molecule has 0 aromatic heterocycles. The molecule has 0 fully saturated rings. The highest BCUT2D eigenvalue weighted by atomic mass is 31.1. The molecule has 0 heterocycles. The van der Waals surface area contributed by atoms with E-state index in [1.54, 1.807) is 0 Å². The van der Waals surface area contributed by atoms with E-state index in [1.165, 1.54) is 6.92 Å². The minimum Gasteiger partial charge on any atom is -0.390 e. The van der Waals surface area contributed by atoms with Crippen LogP contribution in [0.4, 0.5) is 0 Å². The number of rotatable bonds is 6. The maximum atomic E-state index is 10.1. The van der Waals surface area contributed by atoms with Crippen LogP contribution in [0.15, 0.2) is 0 Å². The van der Waals surface area contributed by atoms with Gasteiger partial charge in [-0.15, -0.1) is 0 Å². The molecule has 7 heteroatoms. The lowest BCUT2D eigenvalue weighted by Gasteiger charge is -2.11. The van der Waals surface area contributed by atoms with Crippen LogP contribution in [0, 0.1) is 5.92 Å². The number of aliphatic hydroxyl groups excluding tert-OH is 1. The first-order chi connectivity index (χ1) is 5.57. The summed E-state index contributed by atoms with van der Waals surface area (Å²) in [5.41, 5.74) is 0. The molecular formula is C5H11O6P. The van der Waals surface area contributed by atoms with Crippen molar-refractivity contribution in [3.63, 3.8) is 0 Å². The lowest BCUT2D eigenvalue weighted by atomic mass is 10.1. The van der Waals surface area contributed by atoms with Gasteiger partial charge in [0.15, 0.2) is 0 Å². The Morgan fingerprint density at radius 2 is 2.25 bits per heavy atom. The topological polar surface area (TPSA) is 93.1 Å². The molecule has 0 aliphatic rings. The summed E-state index contributed by atoms with van der Waals surface area (Å²) in [6.07, 6.45) is -0.473. The smallest absolute Gasteiger partial charge is 0.344 e. The Bertz CT molecular complexity index is 160. The van der Waals surface area contributed by atoms with Crippen molar-refractivity contribution in [2.45, 2.75) is 13.0 Å². The normalized spacial score (nSPS) is 18.2. The molecule has 0 bridgehead atoms. The van der Waals surface area contributed by atoms with E-state index < -0.39 is 20.3 Å². The van der Waals surface area contributed by atoms with Gasteiger partial charge in [0.25, 0.3) is 0 Å². The predicted octanol–water partition coefficient (Wildman–Crippen LogP) is -0.487. The van der Waals surface area contributed by atoms with E-state index in [0.29, 0.717) is 6.29 Å². The second-order valence-corrected chi connectivity index (χ2v) is 2.89. The van der Waals surface area contributed by atoms with Crippen LogP contribution in [0.1, 0.15) is 6.92 Å². The number of carbonyl (C=O) groups excluding carboxylic acids is 1. The first kappa shape index (κ1) is 11.7. The van der Waals surface area contributed by atoms with E-state index in [9.17, 15) is 9.36 Å². The molecular weight excluding hydrogens is 187 g/mol. The first-order valence-electron chi connectivity index (χ1n) is 3.23. The maximum absolute atomic E-state index is 10.1. The Labute approximate surface area is 70.0 Å². The first-order valence-corrected chi connectivity index (χ1v) is 4.50. The summed E-state index contributed by atoms with van der Waals surface area (Å²) < 4.78 is 13.7.